The van der Waals surface area contributed by atoms with Gasteiger partial charge in [-0.25, -0.2) is 8.42 Å². The third-order valence-corrected chi connectivity index (χ3v) is 3.69. The van der Waals surface area contributed by atoms with Crippen LogP contribution in [0.5, 0.6) is 0 Å². The summed E-state index contributed by atoms with van der Waals surface area (Å²) in [5.41, 5.74) is 6.69. The first-order chi connectivity index (χ1) is 6.94. The van der Waals surface area contributed by atoms with Gasteiger partial charge in [0.1, 0.15) is 0 Å². The Morgan fingerprint density at radius 2 is 2.20 bits per heavy atom. The van der Waals surface area contributed by atoms with E-state index in [9.17, 15) is 8.42 Å². The molecule has 0 aliphatic heterocycles. The van der Waals surface area contributed by atoms with E-state index in [4.69, 9.17) is 5.73 Å². The van der Waals surface area contributed by atoms with E-state index in [2.05, 4.69) is 11.3 Å². The van der Waals surface area contributed by atoms with Crippen LogP contribution in [0.15, 0.2) is 30.9 Å². The summed E-state index contributed by atoms with van der Waals surface area (Å²) >= 11 is 2.02. The highest BCUT2D eigenvalue weighted by Gasteiger charge is 2.09. The molecule has 0 saturated heterocycles. The molecule has 0 aliphatic rings. The third kappa shape index (κ3) is 3.71. The molecule has 0 radical (unpaired) electrons. The van der Waals surface area contributed by atoms with Gasteiger partial charge < -0.3 is 5.73 Å². The van der Waals surface area contributed by atoms with Crippen molar-refractivity contribution in [2.75, 3.05) is 16.2 Å². The molecule has 4 nitrogen and oxygen atoms in total. The molecule has 82 valence electrons. The highest BCUT2D eigenvalue weighted by atomic mass is 127. The molecule has 0 saturated carbocycles. The van der Waals surface area contributed by atoms with Crippen molar-refractivity contribution in [2.24, 2.45) is 0 Å². The second-order valence-electron chi connectivity index (χ2n) is 2.91. The Hall–Kier alpha value is -0.760. The molecular weight excluding hydrogens is 327 g/mol. The molecule has 1 rings (SSSR count). The SMILES string of the molecule is C=CCS(=O)(=O)Nc1ccc(N)cc1I. The van der Waals surface area contributed by atoms with Crippen LogP contribution in [0.25, 0.3) is 0 Å². The van der Waals surface area contributed by atoms with E-state index in [0.717, 1.165) is 3.57 Å². The zero-order chi connectivity index (χ0) is 11.5. The highest BCUT2D eigenvalue weighted by Crippen LogP contribution is 2.21. The number of hydrogen-bond donors (Lipinski definition) is 2. The molecule has 1 aromatic carbocycles. The number of halogens is 1. The topological polar surface area (TPSA) is 72.2 Å². The normalized spacial score (nSPS) is 11.0. The Balaban J connectivity index is 2.95. The van der Waals surface area contributed by atoms with Gasteiger partial charge in [-0.15, -0.1) is 6.58 Å². The summed E-state index contributed by atoms with van der Waals surface area (Å²) in [4.78, 5) is 0. The minimum Gasteiger partial charge on any atom is -0.399 e. The van der Waals surface area contributed by atoms with Crippen LogP contribution in [0.1, 0.15) is 0 Å². The number of benzene rings is 1. The summed E-state index contributed by atoms with van der Waals surface area (Å²) in [7, 11) is -3.33. The first-order valence-electron chi connectivity index (χ1n) is 4.11. The Kier molecular flexibility index (Phi) is 3.97. The molecule has 3 N–H and O–H groups in total. The average Bonchev–Trinajstić information content (AvgIpc) is 2.09. The van der Waals surface area contributed by atoms with E-state index >= 15 is 0 Å². The average molecular weight is 338 g/mol. The Bertz CT molecular complexity index is 471. The second-order valence-corrected chi connectivity index (χ2v) is 5.84. The van der Waals surface area contributed by atoms with Gasteiger partial charge >= 0.3 is 0 Å². The number of rotatable bonds is 4. The summed E-state index contributed by atoms with van der Waals surface area (Å²) in [6, 6.07) is 4.98. The van der Waals surface area contributed by atoms with Crippen molar-refractivity contribution in [2.45, 2.75) is 0 Å². The van der Waals surface area contributed by atoms with Gasteiger partial charge in [-0.3, -0.25) is 4.72 Å². The summed E-state index contributed by atoms with van der Waals surface area (Å²) in [6.45, 7) is 3.38. The molecule has 0 aromatic heterocycles. The third-order valence-electron chi connectivity index (χ3n) is 1.60. The number of hydrogen-bond acceptors (Lipinski definition) is 3. The number of sulfonamides is 1. The van der Waals surface area contributed by atoms with Crippen LogP contribution in [0.4, 0.5) is 11.4 Å². The molecule has 1 aromatic rings. The van der Waals surface area contributed by atoms with Gasteiger partial charge in [0.05, 0.1) is 11.4 Å². The zero-order valence-electron chi connectivity index (χ0n) is 7.90. The van der Waals surface area contributed by atoms with Gasteiger partial charge in [-0.2, -0.15) is 0 Å². The fourth-order valence-electron chi connectivity index (χ4n) is 0.978. The van der Waals surface area contributed by atoms with E-state index in [-0.39, 0.29) is 5.75 Å². The molecule has 0 atom stereocenters. The van der Waals surface area contributed by atoms with Crippen molar-refractivity contribution in [3.8, 4) is 0 Å². The lowest BCUT2D eigenvalue weighted by Gasteiger charge is -2.08. The van der Waals surface area contributed by atoms with Gasteiger partial charge in [-0.05, 0) is 40.8 Å². The summed E-state index contributed by atoms with van der Waals surface area (Å²) in [5.74, 6) is -0.104. The van der Waals surface area contributed by atoms with Gasteiger partial charge in [0.15, 0.2) is 0 Å². The molecule has 0 amide bonds. The first-order valence-corrected chi connectivity index (χ1v) is 6.84. The van der Waals surface area contributed by atoms with Crippen molar-refractivity contribution in [3.05, 3.63) is 34.4 Å². The van der Waals surface area contributed by atoms with Crippen LogP contribution in [0, 0.1) is 3.57 Å². The quantitative estimate of drug-likeness (QED) is 0.500. The molecule has 0 fully saturated rings. The van der Waals surface area contributed by atoms with Gasteiger partial charge in [0.2, 0.25) is 10.0 Å². The molecule has 15 heavy (non-hydrogen) atoms. The highest BCUT2D eigenvalue weighted by molar-refractivity contribution is 14.1. The van der Waals surface area contributed by atoms with Crippen molar-refractivity contribution < 1.29 is 8.42 Å². The molecule has 6 heteroatoms. The summed E-state index contributed by atoms with van der Waals surface area (Å²) in [5, 5.41) is 0. The minimum absolute atomic E-state index is 0.104. The van der Waals surface area contributed by atoms with E-state index in [0.29, 0.717) is 11.4 Å². The monoisotopic (exact) mass is 338 g/mol. The maximum Gasteiger partial charge on any atom is 0.236 e. The molecule has 0 heterocycles. The van der Waals surface area contributed by atoms with Crippen molar-refractivity contribution in [1.29, 1.82) is 0 Å². The van der Waals surface area contributed by atoms with E-state index < -0.39 is 10.0 Å². The lowest BCUT2D eigenvalue weighted by atomic mass is 10.3. The lowest BCUT2D eigenvalue weighted by molar-refractivity contribution is 0.604. The van der Waals surface area contributed by atoms with E-state index in [1.54, 1.807) is 18.2 Å². The number of anilines is 2. The van der Waals surface area contributed by atoms with Crippen LogP contribution in [-0.4, -0.2) is 14.2 Å². The Morgan fingerprint density at radius 3 is 2.73 bits per heavy atom. The predicted octanol–water partition coefficient (Wildman–Crippen LogP) is 1.80. The van der Waals surface area contributed by atoms with Gasteiger partial charge in [0.25, 0.3) is 0 Å². The maximum atomic E-state index is 11.4. The van der Waals surface area contributed by atoms with Gasteiger partial charge in [-0.1, -0.05) is 6.08 Å². The largest absolute Gasteiger partial charge is 0.399 e. The molecular formula is C9H11IN2O2S. The fourth-order valence-corrected chi connectivity index (χ4v) is 2.74. The zero-order valence-corrected chi connectivity index (χ0v) is 10.9. The van der Waals surface area contributed by atoms with Crippen LogP contribution in [0.2, 0.25) is 0 Å². The Labute approximate surface area is 103 Å². The molecule has 0 bridgehead atoms. The second kappa shape index (κ2) is 4.84. The molecule has 0 aliphatic carbocycles. The van der Waals surface area contributed by atoms with Crippen molar-refractivity contribution in [3.63, 3.8) is 0 Å². The van der Waals surface area contributed by atoms with Crippen LogP contribution < -0.4 is 10.5 Å². The standard InChI is InChI=1S/C9H11IN2O2S/c1-2-5-15(13,14)12-9-4-3-7(11)6-8(9)10/h2-4,6,12H,1,5,11H2. The van der Waals surface area contributed by atoms with Crippen LogP contribution >= 0.6 is 22.6 Å². The van der Waals surface area contributed by atoms with Crippen molar-refractivity contribution in [1.82, 2.24) is 0 Å². The Morgan fingerprint density at radius 1 is 1.53 bits per heavy atom. The van der Waals surface area contributed by atoms with Crippen LogP contribution in [0.3, 0.4) is 0 Å². The van der Waals surface area contributed by atoms with E-state index in [1.807, 2.05) is 22.6 Å². The lowest BCUT2D eigenvalue weighted by Crippen LogP contribution is -2.15. The van der Waals surface area contributed by atoms with Gasteiger partial charge in [0, 0.05) is 9.26 Å². The summed E-state index contributed by atoms with van der Waals surface area (Å²) in [6.07, 6.45) is 1.34. The first kappa shape index (κ1) is 12.3. The smallest absolute Gasteiger partial charge is 0.236 e. The predicted molar refractivity (Wildman–Crippen MR) is 71.2 cm³/mol. The van der Waals surface area contributed by atoms with E-state index in [1.165, 1.54) is 6.08 Å². The maximum absolute atomic E-state index is 11.4. The molecule has 0 spiro atoms. The van der Waals surface area contributed by atoms with Crippen molar-refractivity contribution >= 4 is 44.0 Å². The number of nitrogens with one attached hydrogen (secondary N) is 1. The van der Waals surface area contributed by atoms with Crippen LogP contribution in [-0.2, 0) is 10.0 Å². The fraction of sp³-hybridized carbons (Fsp3) is 0.111. The number of nitrogen functional groups attached to an aromatic ring is 1. The minimum atomic E-state index is -3.33. The number of nitrogens with two attached hydrogens (primary N) is 1. The molecule has 0 unspecified atom stereocenters. The summed E-state index contributed by atoms with van der Waals surface area (Å²) < 4.78 is 26.1.